The molecule has 6 aromatic heterocycles. The van der Waals surface area contributed by atoms with Crippen LogP contribution in [-0.4, -0.2) is 0 Å². The fraction of sp³-hybridized carbons (Fsp3) is 0.212. The first kappa shape index (κ1) is 24.3. The Morgan fingerprint density at radius 1 is 0.525 bits per heavy atom. The molecule has 9 rings (SSSR count). The van der Waals surface area contributed by atoms with Crippen molar-refractivity contribution in [3.05, 3.63) is 74.7 Å². The molecule has 0 saturated carbocycles. The fourth-order valence-electron chi connectivity index (χ4n) is 7.17. The molecule has 0 spiro atoms. The summed E-state index contributed by atoms with van der Waals surface area (Å²) < 4.78 is 5.47. The third kappa shape index (κ3) is 3.11. The van der Waals surface area contributed by atoms with Gasteiger partial charge in [0.15, 0.2) is 0 Å². The summed E-state index contributed by atoms with van der Waals surface area (Å²) in [6.45, 7) is 11.9. The number of nitrogens with two attached hydrogens (primary N) is 1. The van der Waals surface area contributed by atoms with Crippen LogP contribution in [0.4, 0.5) is 5.00 Å². The molecule has 0 saturated heterocycles. The van der Waals surface area contributed by atoms with Gasteiger partial charge in [0.1, 0.15) is 0 Å². The summed E-state index contributed by atoms with van der Waals surface area (Å²) in [6, 6.07) is 14.2. The average Bonchev–Trinajstić information content (AvgIpc) is 3.71. The van der Waals surface area contributed by atoms with Crippen molar-refractivity contribution < 1.29 is 0 Å². The fourth-order valence-corrected chi connectivity index (χ4v) is 14.5. The minimum absolute atomic E-state index is 0.418. The topological polar surface area (TPSA) is 26.0 Å². The zero-order valence-corrected chi connectivity index (χ0v) is 27.5. The molecule has 0 fully saturated rings. The van der Waals surface area contributed by atoms with Gasteiger partial charge in [-0.3, -0.25) is 0 Å². The number of benzene rings is 1. The van der Waals surface area contributed by atoms with Gasteiger partial charge in [-0.2, -0.15) is 0 Å². The molecule has 7 heteroatoms. The Morgan fingerprint density at radius 3 is 1.48 bits per heavy atom. The van der Waals surface area contributed by atoms with E-state index in [-0.39, 0.29) is 0 Å². The summed E-state index contributed by atoms with van der Waals surface area (Å²) in [5.74, 6) is 0.845. The molecular weight excluding hydrogens is 603 g/mol. The van der Waals surface area contributed by atoms with Crippen LogP contribution in [-0.2, 0) is 0 Å². The standard InChI is InChI=1S/C33H25NS6/c1-12-6-19-22(35-12)9-23(36-19)20-7-17-13(2)28-16(5)31-29(15(4)30(28)32(17)39-20)14(3)18-8-21(40-33(18)31)24-10-25-26(37-24)11-27(34)38-25/h6-11,13-14H,34H2,1-5H3. The number of hydrogen-bond donors (Lipinski definition) is 1. The smallest absolute Gasteiger partial charge is 0.0877 e. The Bertz CT molecular complexity index is 1980. The molecule has 2 N–H and O–H groups in total. The lowest BCUT2D eigenvalue weighted by atomic mass is 9.85. The van der Waals surface area contributed by atoms with Crippen LogP contribution < -0.4 is 5.73 Å². The van der Waals surface area contributed by atoms with Crippen molar-refractivity contribution in [2.45, 2.75) is 46.5 Å². The predicted octanol–water partition coefficient (Wildman–Crippen LogP) is 12.5. The zero-order chi connectivity index (χ0) is 27.2. The number of hydrogen-bond acceptors (Lipinski definition) is 7. The monoisotopic (exact) mass is 627 g/mol. The predicted molar refractivity (Wildman–Crippen MR) is 184 cm³/mol. The van der Waals surface area contributed by atoms with E-state index >= 15 is 0 Å². The van der Waals surface area contributed by atoms with Crippen LogP contribution in [0.25, 0.3) is 59.2 Å². The number of nitrogen functional groups attached to an aromatic ring is 1. The van der Waals surface area contributed by atoms with Gasteiger partial charge in [-0.15, -0.1) is 68.0 Å². The quantitative estimate of drug-likeness (QED) is 0.203. The molecule has 2 aliphatic rings. The van der Waals surface area contributed by atoms with E-state index in [0.29, 0.717) is 11.8 Å². The van der Waals surface area contributed by atoms with Crippen molar-refractivity contribution >= 4 is 91.8 Å². The normalized spacial score (nSPS) is 17.2. The van der Waals surface area contributed by atoms with Crippen molar-refractivity contribution in [1.82, 2.24) is 0 Å². The van der Waals surface area contributed by atoms with E-state index in [1.807, 2.05) is 56.7 Å². The lowest BCUT2D eigenvalue weighted by Crippen LogP contribution is -2.01. The molecule has 40 heavy (non-hydrogen) atoms. The van der Waals surface area contributed by atoms with E-state index in [2.05, 4.69) is 71.0 Å². The molecule has 1 aromatic carbocycles. The number of thiophene rings is 6. The first-order valence-corrected chi connectivity index (χ1v) is 18.4. The minimum atomic E-state index is 0.418. The van der Waals surface area contributed by atoms with Crippen LogP contribution in [0.3, 0.4) is 0 Å². The van der Waals surface area contributed by atoms with Crippen LogP contribution >= 0.6 is 68.0 Å². The van der Waals surface area contributed by atoms with Gasteiger partial charge in [-0.05, 0) is 102 Å². The molecule has 0 amide bonds. The molecule has 0 aliphatic heterocycles. The van der Waals surface area contributed by atoms with Crippen LogP contribution in [0.1, 0.15) is 63.9 Å². The Morgan fingerprint density at radius 2 is 0.975 bits per heavy atom. The van der Waals surface area contributed by atoms with Gasteiger partial charge < -0.3 is 5.73 Å². The molecule has 0 bridgehead atoms. The second kappa shape index (κ2) is 8.18. The van der Waals surface area contributed by atoms with Crippen molar-refractivity contribution in [3.8, 4) is 40.4 Å². The summed E-state index contributed by atoms with van der Waals surface area (Å²) in [5.41, 5.74) is 18.3. The second-order valence-electron chi connectivity index (χ2n) is 11.2. The third-order valence-electron chi connectivity index (χ3n) is 8.91. The summed E-state index contributed by atoms with van der Waals surface area (Å²) in [5, 5.41) is 0.907. The minimum Gasteiger partial charge on any atom is -0.391 e. The van der Waals surface area contributed by atoms with E-state index in [4.69, 9.17) is 5.73 Å². The summed E-state index contributed by atoms with van der Waals surface area (Å²) in [6.07, 6.45) is 0. The lowest BCUT2D eigenvalue weighted by Gasteiger charge is -2.20. The summed E-state index contributed by atoms with van der Waals surface area (Å²) in [7, 11) is 0. The Balaban J connectivity index is 1.18. The molecule has 1 nitrogen and oxygen atoms in total. The largest absolute Gasteiger partial charge is 0.391 e. The number of anilines is 1. The van der Waals surface area contributed by atoms with Crippen LogP contribution in [0, 0.1) is 20.8 Å². The molecule has 2 atom stereocenters. The maximum Gasteiger partial charge on any atom is 0.0877 e. The highest BCUT2D eigenvalue weighted by Crippen LogP contribution is 2.61. The Labute approximate surface area is 257 Å². The highest BCUT2D eigenvalue weighted by atomic mass is 32.1. The average molecular weight is 628 g/mol. The number of fused-ring (bicyclic) bond motifs is 8. The second-order valence-corrected chi connectivity index (χ2v) is 17.9. The summed E-state index contributed by atoms with van der Waals surface area (Å²) >= 11 is 11.4. The van der Waals surface area contributed by atoms with Gasteiger partial charge in [0.2, 0.25) is 0 Å². The van der Waals surface area contributed by atoms with Gasteiger partial charge in [-0.1, -0.05) is 13.8 Å². The summed E-state index contributed by atoms with van der Waals surface area (Å²) in [4.78, 5) is 10.0. The third-order valence-corrected chi connectivity index (χ3v) is 16.0. The van der Waals surface area contributed by atoms with Gasteiger partial charge >= 0.3 is 0 Å². The van der Waals surface area contributed by atoms with Gasteiger partial charge in [0.25, 0.3) is 0 Å². The van der Waals surface area contributed by atoms with Crippen LogP contribution in [0.15, 0.2) is 36.4 Å². The van der Waals surface area contributed by atoms with Crippen molar-refractivity contribution in [2.24, 2.45) is 0 Å². The molecular formula is C33H25NS6. The maximum atomic E-state index is 6.05. The van der Waals surface area contributed by atoms with E-state index in [1.54, 1.807) is 22.5 Å². The first-order chi connectivity index (χ1) is 19.3. The lowest BCUT2D eigenvalue weighted by molar-refractivity contribution is 0.926. The van der Waals surface area contributed by atoms with Gasteiger partial charge in [-0.25, -0.2) is 0 Å². The van der Waals surface area contributed by atoms with E-state index in [0.717, 1.165) is 5.00 Å². The maximum absolute atomic E-state index is 6.05. The molecule has 2 aliphatic carbocycles. The van der Waals surface area contributed by atoms with E-state index in [1.165, 1.54) is 86.3 Å². The Hall–Kier alpha value is -2.26. The Kier molecular flexibility index (Phi) is 4.98. The number of aryl methyl sites for hydroxylation is 1. The van der Waals surface area contributed by atoms with Crippen LogP contribution in [0.5, 0.6) is 0 Å². The van der Waals surface area contributed by atoms with Crippen molar-refractivity contribution in [3.63, 3.8) is 0 Å². The van der Waals surface area contributed by atoms with Crippen molar-refractivity contribution in [1.29, 1.82) is 0 Å². The molecule has 198 valence electrons. The van der Waals surface area contributed by atoms with Crippen molar-refractivity contribution in [2.75, 3.05) is 5.73 Å². The molecule has 2 unspecified atom stereocenters. The highest BCUT2D eigenvalue weighted by Gasteiger charge is 2.39. The highest BCUT2D eigenvalue weighted by molar-refractivity contribution is 7.33. The van der Waals surface area contributed by atoms with E-state index < -0.39 is 0 Å². The SMILES string of the molecule is Cc1cc2sc(-c3cc4c(s3)-c3c(C)c5c(c(C)c3C4C)-c3sc(-c4cc6sc(N)cc6s4)cc3C5C)cc2s1. The number of rotatable bonds is 2. The van der Waals surface area contributed by atoms with Gasteiger partial charge in [0.05, 0.1) is 5.00 Å². The molecule has 6 heterocycles. The zero-order valence-electron chi connectivity index (χ0n) is 22.6. The van der Waals surface area contributed by atoms with Crippen LogP contribution in [0.2, 0.25) is 0 Å². The molecule has 0 radical (unpaired) electrons. The van der Waals surface area contributed by atoms with E-state index in [9.17, 15) is 0 Å². The van der Waals surface area contributed by atoms with Gasteiger partial charge in [0, 0.05) is 64.8 Å². The molecule has 7 aromatic rings. The first-order valence-electron chi connectivity index (χ1n) is 13.5.